The first-order chi connectivity index (χ1) is 13.9. The highest BCUT2D eigenvalue weighted by atomic mass is 31.1. The van der Waals surface area contributed by atoms with Gasteiger partial charge in [-0.15, -0.1) is 0 Å². The number of likely N-dealkylation sites (tertiary alicyclic amines) is 1. The van der Waals surface area contributed by atoms with Gasteiger partial charge in [0, 0.05) is 17.3 Å². The van der Waals surface area contributed by atoms with Gasteiger partial charge in [-0.3, -0.25) is 4.90 Å². The maximum Gasteiger partial charge on any atom is 0.119 e. The Hall–Kier alpha value is -1.57. The first-order valence-corrected chi connectivity index (χ1v) is 11.9. The van der Waals surface area contributed by atoms with Gasteiger partial charge in [-0.1, -0.05) is 59.0 Å². The molecule has 0 spiro atoms. The van der Waals surface area contributed by atoms with Crippen molar-refractivity contribution >= 4 is 13.9 Å². The maximum atomic E-state index is 10.7. The molecule has 0 radical (unpaired) electrons. The van der Waals surface area contributed by atoms with Gasteiger partial charge < -0.3 is 9.84 Å². The van der Waals surface area contributed by atoms with Gasteiger partial charge in [0.05, 0.1) is 7.11 Å². The van der Waals surface area contributed by atoms with E-state index in [4.69, 9.17) is 4.74 Å². The van der Waals surface area contributed by atoms with Crippen LogP contribution in [0, 0.1) is 6.92 Å². The second kappa shape index (κ2) is 9.96. The van der Waals surface area contributed by atoms with Gasteiger partial charge in [0.1, 0.15) is 11.5 Å². The summed E-state index contributed by atoms with van der Waals surface area (Å²) in [4.78, 5) is 2.60. The molecule has 1 aliphatic rings. The maximum absolute atomic E-state index is 10.7. The van der Waals surface area contributed by atoms with Crippen molar-refractivity contribution in [3.05, 3.63) is 53.1 Å². The molecular weight excluding hydrogens is 377 g/mol. The lowest BCUT2D eigenvalue weighted by molar-refractivity contribution is 0.221. The zero-order chi connectivity index (χ0) is 20.9. The molecule has 0 saturated carbocycles. The number of hydrogen-bond acceptors (Lipinski definition) is 3. The van der Waals surface area contributed by atoms with Crippen LogP contribution in [0.4, 0.5) is 0 Å². The molecule has 3 nitrogen and oxygen atoms in total. The van der Waals surface area contributed by atoms with Crippen LogP contribution in [0.2, 0.25) is 0 Å². The van der Waals surface area contributed by atoms with Gasteiger partial charge in [0.2, 0.25) is 0 Å². The van der Waals surface area contributed by atoms with Gasteiger partial charge in [-0.25, -0.2) is 0 Å². The molecule has 2 unspecified atom stereocenters. The third-order valence-electron chi connectivity index (χ3n) is 6.06. The number of methoxy groups -OCH3 is 1. The summed E-state index contributed by atoms with van der Waals surface area (Å²) in [5, 5.41) is 12.0. The predicted octanol–water partition coefficient (Wildman–Crippen LogP) is 5.71. The smallest absolute Gasteiger partial charge is 0.119 e. The van der Waals surface area contributed by atoms with Gasteiger partial charge in [-0.2, -0.15) is 0 Å². The average Bonchev–Trinajstić information content (AvgIpc) is 2.71. The Morgan fingerprint density at radius 1 is 1.10 bits per heavy atom. The van der Waals surface area contributed by atoms with E-state index in [1.807, 2.05) is 12.1 Å². The standard InChI is InChI=1S/C25H36NO2P/c1-5-13-25(3,22-17-21(28-4)10-11-23(22)27)29-24-12-9-19(2)16-20(24)18-26-14-7-6-8-15-26/h9-12,16-17,27,29H,5-8,13-15,18H2,1-4H3. The molecule has 4 heteroatoms. The minimum Gasteiger partial charge on any atom is -0.508 e. The Morgan fingerprint density at radius 3 is 2.55 bits per heavy atom. The van der Waals surface area contributed by atoms with E-state index in [1.165, 1.54) is 48.8 Å². The molecule has 1 aliphatic heterocycles. The van der Waals surface area contributed by atoms with Crippen LogP contribution in [0.15, 0.2) is 36.4 Å². The lowest BCUT2D eigenvalue weighted by atomic mass is 9.94. The summed E-state index contributed by atoms with van der Waals surface area (Å²) in [6, 6.07) is 12.6. The van der Waals surface area contributed by atoms with Crippen LogP contribution in [0.3, 0.4) is 0 Å². The second-order valence-electron chi connectivity index (χ2n) is 8.59. The summed E-state index contributed by atoms with van der Waals surface area (Å²) >= 11 is 0. The molecule has 1 saturated heterocycles. The minimum atomic E-state index is -0.112. The van der Waals surface area contributed by atoms with Crippen LogP contribution in [0.1, 0.15) is 62.6 Å². The molecule has 0 bridgehead atoms. The molecule has 2 aromatic rings. The second-order valence-corrected chi connectivity index (χ2v) is 10.5. The Bertz CT molecular complexity index is 816. The summed E-state index contributed by atoms with van der Waals surface area (Å²) in [5.74, 6) is 1.18. The molecule has 158 valence electrons. The largest absolute Gasteiger partial charge is 0.508 e. The monoisotopic (exact) mass is 413 g/mol. The molecule has 0 aromatic heterocycles. The molecule has 3 rings (SSSR count). The third-order valence-corrected chi connectivity index (χ3v) is 7.89. The third kappa shape index (κ3) is 5.53. The Balaban J connectivity index is 1.94. The Kier molecular flexibility index (Phi) is 7.60. The SMILES string of the molecule is CCCC(C)(Pc1ccc(C)cc1CN1CCCCC1)c1cc(OC)ccc1O. The summed E-state index contributed by atoms with van der Waals surface area (Å²) in [6.45, 7) is 10.2. The van der Waals surface area contributed by atoms with Crippen molar-refractivity contribution in [2.75, 3.05) is 20.2 Å². The van der Waals surface area contributed by atoms with Crippen molar-refractivity contribution in [3.8, 4) is 11.5 Å². The van der Waals surface area contributed by atoms with Crippen LogP contribution in [0.25, 0.3) is 0 Å². The van der Waals surface area contributed by atoms with E-state index in [1.54, 1.807) is 13.2 Å². The van der Waals surface area contributed by atoms with Crippen LogP contribution in [0.5, 0.6) is 11.5 Å². The molecule has 1 heterocycles. The topological polar surface area (TPSA) is 32.7 Å². The normalized spacial score (nSPS) is 17.5. The van der Waals surface area contributed by atoms with E-state index in [0.29, 0.717) is 14.3 Å². The fraction of sp³-hybridized carbons (Fsp3) is 0.520. The summed E-state index contributed by atoms with van der Waals surface area (Å²) in [6.07, 6.45) is 6.10. The highest BCUT2D eigenvalue weighted by molar-refractivity contribution is 7.48. The number of aryl methyl sites for hydroxylation is 1. The lowest BCUT2D eigenvalue weighted by Gasteiger charge is -2.33. The molecule has 2 atom stereocenters. The minimum absolute atomic E-state index is 0.112. The lowest BCUT2D eigenvalue weighted by Crippen LogP contribution is -2.31. The quantitative estimate of drug-likeness (QED) is 0.562. The van der Waals surface area contributed by atoms with Crippen LogP contribution in [-0.2, 0) is 11.7 Å². The fourth-order valence-corrected chi connectivity index (χ4v) is 6.26. The first kappa shape index (κ1) is 22.1. The van der Waals surface area contributed by atoms with E-state index in [2.05, 4.69) is 43.9 Å². The number of hydrogen-bond donors (Lipinski definition) is 1. The fourth-order valence-electron chi connectivity index (χ4n) is 4.48. The van der Waals surface area contributed by atoms with Gasteiger partial charge in [0.25, 0.3) is 0 Å². The number of nitrogens with zero attached hydrogens (tertiary/aromatic N) is 1. The van der Waals surface area contributed by atoms with Crippen molar-refractivity contribution in [2.24, 2.45) is 0 Å². The van der Waals surface area contributed by atoms with Crippen LogP contribution in [-0.4, -0.2) is 30.2 Å². The molecule has 2 aromatic carbocycles. The highest BCUT2D eigenvalue weighted by Gasteiger charge is 2.30. The number of piperidine rings is 1. The van der Waals surface area contributed by atoms with Gasteiger partial charge in [-0.05, 0) is 68.3 Å². The number of ether oxygens (including phenoxy) is 1. The van der Waals surface area contributed by atoms with E-state index in [9.17, 15) is 5.11 Å². The number of aromatic hydroxyl groups is 1. The van der Waals surface area contributed by atoms with E-state index < -0.39 is 0 Å². The van der Waals surface area contributed by atoms with E-state index in [0.717, 1.165) is 30.7 Å². The number of rotatable bonds is 8. The van der Waals surface area contributed by atoms with Crippen LogP contribution < -0.4 is 10.0 Å². The molecule has 1 fully saturated rings. The Labute approximate surface area is 178 Å². The molecule has 0 amide bonds. The van der Waals surface area contributed by atoms with E-state index in [-0.39, 0.29) is 5.16 Å². The highest BCUT2D eigenvalue weighted by Crippen LogP contribution is 2.49. The van der Waals surface area contributed by atoms with Gasteiger partial charge in [0.15, 0.2) is 0 Å². The van der Waals surface area contributed by atoms with Crippen molar-refractivity contribution in [1.29, 1.82) is 0 Å². The van der Waals surface area contributed by atoms with Crippen molar-refractivity contribution in [2.45, 2.75) is 64.6 Å². The van der Waals surface area contributed by atoms with E-state index >= 15 is 0 Å². The number of benzene rings is 2. The van der Waals surface area contributed by atoms with Gasteiger partial charge >= 0.3 is 0 Å². The summed E-state index contributed by atoms with van der Waals surface area (Å²) < 4.78 is 5.46. The number of phenolic OH excluding ortho intramolecular Hbond substituents is 1. The zero-order valence-corrected chi connectivity index (χ0v) is 19.4. The summed E-state index contributed by atoms with van der Waals surface area (Å²) in [5.41, 5.74) is 3.78. The number of phenols is 1. The van der Waals surface area contributed by atoms with Crippen molar-refractivity contribution in [1.82, 2.24) is 4.90 Å². The molecule has 1 N–H and O–H groups in total. The summed E-state index contributed by atoms with van der Waals surface area (Å²) in [7, 11) is 2.29. The molecule has 0 aliphatic carbocycles. The zero-order valence-electron chi connectivity index (χ0n) is 18.4. The molecule has 29 heavy (non-hydrogen) atoms. The predicted molar refractivity (Wildman–Crippen MR) is 125 cm³/mol. The van der Waals surface area contributed by atoms with Crippen molar-refractivity contribution < 1.29 is 9.84 Å². The first-order valence-electron chi connectivity index (χ1n) is 10.9. The Morgan fingerprint density at radius 2 is 1.86 bits per heavy atom. The molecular formula is C25H36NO2P. The van der Waals surface area contributed by atoms with Crippen LogP contribution >= 0.6 is 8.58 Å². The average molecular weight is 414 g/mol. The van der Waals surface area contributed by atoms with Crippen molar-refractivity contribution in [3.63, 3.8) is 0 Å².